The number of carbonyl (C=O) groups excluding carboxylic acids is 3. The summed E-state index contributed by atoms with van der Waals surface area (Å²) in [4.78, 5) is 45.7. The fourth-order valence-electron chi connectivity index (χ4n) is 3.66. The number of nitrogens with zero attached hydrogens (tertiary/aromatic N) is 3. The number of aromatic nitrogens is 1. The van der Waals surface area contributed by atoms with Gasteiger partial charge < -0.3 is 15.1 Å². The van der Waals surface area contributed by atoms with Gasteiger partial charge in [0, 0.05) is 31.1 Å². The lowest BCUT2D eigenvalue weighted by Crippen LogP contribution is -2.48. The summed E-state index contributed by atoms with van der Waals surface area (Å²) in [5.74, 6) is -0.553. The fraction of sp³-hybridized carbons (Fsp3) is 0.368. The van der Waals surface area contributed by atoms with Crippen LogP contribution in [0.3, 0.4) is 0 Å². The summed E-state index contributed by atoms with van der Waals surface area (Å²) in [6.45, 7) is 0.952. The molecule has 1 N–H and O–H groups in total. The molecule has 1 saturated heterocycles. The molecule has 1 fully saturated rings. The Morgan fingerprint density at radius 1 is 1.30 bits per heavy atom. The summed E-state index contributed by atoms with van der Waals surface area (Å²) in [6, 6.07) is 6.54. The van der Waals surface area contributed by atoms with Crippen molar-refractivity contribution in [2.24, 2.45) is 0 Å². The van der Waals surface area contributed by atoms with Gasteiger partial charge in [-0.1, -0.05) is 12.1 Å². The average Bonchev–Trinajstić information content (AvgIpc) is 3.35. The van der Waals surface area contributed by atoms with Crippen LogP contribution >= 0.6 is 11.3 Å². The van der Waals surface area contributed by atoms with E-state index in [2.05, 4.69) is 10.3 Å². The van der Waals surface area contributed by atoms with E-state index >= 15 is 0 Å². The summed E-state index contributed by atoms with van der Waals surface area (Å²) in [7, 11) is 0. The van der Waals surface area contributed by atoms with Crippen LogP contribution in [0.15, 0.2) is 35.8 Å². The first-order valence-electron chi connectivity index (χ1n) is 9.01. The van der Waals surface area contributed by atoms with Gasteiger partial charge in [-0.05, 0) is 25.0 Å². The molecular weight excluding hydrogens is 364 g/mol. The number of para-hydroxylation sites is 1. The quantitative estimate of drug-likeness (QED) is 0.846. The minimum atomic E-state index is -0.479. The Bertz CT molecular complexity index is 868. The second-order valence-electron chi connectivity index (χ2n) is 6.62. The van der Waals surface area contributed by atoms with Crippen molar-refractivity contribution in [3.63, 3.8) is 0 Å². The minimum Gasteiger partial charge on any atom is -0.354 e. The SMILES string of the molecule is O=C(CN1C(=O)[C@H]2CCCN2C(=O)c2ccccc21)NCCc1nccs1. The Morgan fingerprint density at radius 3 is 2.96 bits per heavy atom. The Labute approximate surface area is 161 Å². The van der Waals surface area contributed by atoms with Crippen LogP contribution in [0, 0.1) is 0 Å². The topological polar surface area (TPSA) is 82.6 Å². The number of benzene rings is 1. The van der Waals surface area contributed by atoms with Gasteiger partial charge in [-0.25, -0.2) is 4.98 Å². The van der Waals surface area contributed by atoms with Gasteiger partial charge in [-0.2, -0.15) is 0 Å². The van der Waals surface area contributed by atoms with Crippen molar-refractivity contribution in [2.75, 3.05) is 24.5 Å². The molecule has 27 heavy (non-hydrogen) atoms. The van der Waals surface area contributed by atoms with Crippen LogP contribution in [0.4, 0.5) is 5.69 Å². The first-order chi connectivity index (χ1) is 13.1. The maximum absolute atomic E-state index is 13.1. The van der Waals surface area contributed by atoms with Gasteiger partial charge in [-0.3, -0.25) is 14.4 Å². The molecule has 1 aromatic carbocycles. The number of rotatable bonds is 5. The van der Waals surface area contributed by atoms with E-state index in [0.29, 0.717) is 37.2 Å². The van der Waals surface area contributed by atoms with E-state index in [1.165, 1.54) is 4.90 Å². The summed E-state index contributed by atoms with van der Waals surface area (Å²) in [5, 5.41) is 5.70. The van der Waals surface area contributed by atoms with E-state index in [1.54, 1.807) is 46.7 Å². The molecule has 2 aromatic rings. The zero-order chi connectivity index (χ0) is 18.8. The van der Waals surface area contributed by atoms with Gasteiger partial charge in [0.25, 0.3) is 5.91 Å². The molecule has 2 aliphatic heterocycles. The summed E-state index contributed by atoms with van der Waals surface area (Å²) < 4.78 is 0. The zero-order valence-corrected chi connectivity index (χ0v) is 15.6. The van der Waals surface area contributed by atoms with Crippen LogP contribution in [0.5, 0.6) is 0 Å². The van der Waals surface area contributed by atoms with Crippen molar-refractivity contribution in [3.8, 4) is 0 Å². The monoisotopic (exact) mass is 384 g/mol. The molecule has 8 heteroatoms. The third kappa shape index (κ3) is 3.44. The molecule has 3 amide bonds. The van der Waals surface area contributed by atoms with Crippen LogP contribution in [0.25, 0.3) is 0 Å². The molecule has 1 aromatic heterocycles. The van der Waals surface area contributed by atoms with Crippen LogP contribution in [0.1, 0.15) is 28.2 Å². The van der Waals surface area contributed by atoms with Crippen LogP contribution in [-0.2, 0) is 16.0 Å². The lowest BCUT2D eigenvalue weighted by atomic mass is 10.1. The van der Waals surface area contributed by atoms with Crippen molar-refractivity contribution in [3.05, 3.63) is 46.4 Å². The summed E-state index contributed by atoms with van der Waals surface area (Å²) >= 11 is 1.54. The molecule has 2 aliphatic rings. The van der Waals surface area contributed by atoms with Crippen molar-refractivity contribution in [1.82, 2.24) is 15.2 Å². The first kappa shape index (κ1) is 17.7. The van der Waals surface area contributed by atoms with Gasteiger partial charge in [0.2, 0.25) is 11.8 Å². The Hall–Kier alpha value is -2.74. The molecule has 3 heterocycles. The highest BCUT2D eigenvalue weighted by atomic mass is 32.1. The maximum atomic E-state index is 13.1. The number of amides is 3. The van der Waals surface area contributed by atoms with E-state index in [9.17, 15) is 14.4 Å². The predicted octanol–water partition coefficient (Wildman–Crippen LogP) is 1.45. The largest absolute Gasteiger partial charge is 0.354 e. The van der Waals surface area contributed by atoms with Crippen molar-refractivity contribution < 1.29 is 14.4 Å². The van der Waals surface area contributed by atoms with Crippen molar-refractivity contribution >= 4 is 34.7 Å². The van der Waals surface area contributed by atoms with Gasteiger partial charge in [0.15, 0.2) is 0 Å². The van der Waals surface area contributed by atoms with Crippen LogP contribution in [0.2, 0.25) is 0 Å². The highest BCUT2D eigenvalue weighted by Crippen LogP contribution is 2.32. The molecule has 0 saturated carbocycles. The smallest absolute Gasteiger partial charge is 0.256 e. The lowest BCUT2D eigenvalue weighted by molar-refractivity contribution is -0.125. The second kappa shape index (κ2) is 7.48. The van der Waals surface area contributed by atoms with Gasteiger partial charge in [0.05, 0.1) is 16.3 Å². The lowest BCUT2D eigenvalue weighted by Gasteiger charge is -2.25. The Balaban J connectivity index is 1.51. The average molecular weight is 384 g/mol. The van der Waals surface area contributed by atoms with E-state index in [1.807, 2.05) is 5.38 Å². The zero-order valence-electron chi connectivity index (χ0n) is 14.8. The van der Waals surface area contributed by atoms with Gasteiger partial charge in [-0.15, -0.1) is 11.3 Å². The molecule has 140 valence electrons. The summed E-state index contributed by atoms with van der Waals surface area (Å²) in [6.07, 6.45) is 3.83. The van der Waals surface area contributed by atoms with Gasteiger partial charge in [0.1, 0.15) is 12.6 Å². The highest BCUT2D eigenvalue weighted by Gasteiger charge is 2.42. The van der Waals surface area contributed by atoms with Crippen LogP contribution < -0.4 is 10.2 Å². The number of anilines is 1. The molecule has 0 bridgehead atoms. The highest BCUT2D eigenvalue weighted by molar-refractivity contribution is 7.09. The number of fused-ring (bicyclic) bond motifs is 2. The summed E-state index contributed by atoms with van der Waals surface area (Å²) in [5.41, 5.74) is 0.989. The van der Waals surface area contributed by atoms with E-state index in [0.717, 1.165) is 11.4 Å². The fourth-order valence-corrected chi connectivity index (χ4v) is 4.28. The molecule has 7 nitrogen and oxygen atoms in total. The molecule has 0 unspecified atom stereocenters. The number of hydrogen-bond acceptors (Lipinski definition) is 5. The normalized spacial score (nSPS) is 18.9. The van der Waals surface area contributed by atoms with Crippen LogP contribution in [-0.4, -0.2) is 53.3 Å². The van der Waals surface area contributed by atoms with Crippen molar-refractivity contribution in [2.45, 2.75) is 25.3 Å². The number of nitrogens with one attached hydrogen (secondary N) is 1. The molecule has 0 spiro atoms. The third-order valence-electron chi connectivity index (χ3n) is 4.94. The van der Waals surface area contributed by atoms with E-state index in [4.69, 9.17) is 0 Å². The van der Waals surface area contributed by atoms with E-state index < -0.39 is 6.04 Å². The van der Waals surface area contributed by atoms with Gasteiger partial charge >= 0.3 is 0 Å². The molecule has 0 aliphatic carbocycles. The molecule has 4 rings (SSSR count). The molecule has 1 atom stereocenters. The number of carbonyl (C=O) groups is 3. The minimum absolute atomic E-state index is 0.0919. The standard InChI is InChI=1S/C19H20N4O3S/c24-16(20-8-7-17-21-9-11-27-17)12-23-14-5-2-1-4-13(14)18(25)22-10-3-6-15(22)19(23)26/h1-2,4-5,9,11,15H,3,6-8,10,12H2,(H,20,24)/t15-/m1/s1. The van der Waals surface area contributed by atoms with Crippen molar-refractivity contribution in [1.29, 1.82) is 0 Å². The molecular formula is C19H20N4O3S. The second-order valence-corrected chi connectivity index (χ2v) is 7.60. The van der Waals surface area contributed by atoms with E-state index in [-0.39, 0.29) is 24.3 Å². The number of thiazole rings is 1. The predicted molar refractivity (Wildman–Crippen MR) is 102 cm³/mol. The third-order valence-corrected chi connectivity index (χ3v) is 5.78. The maximum Gasteiger partial charge on any atom is 0.256 e. The molecule has 0 radical (unpaired) electrons. The number of hydrogen-bond donors (Lipinski definition) is 1. The Kier molecular flexibility index (Phi) is 4.89. The Morgan fingerprint density at radius 2 is 2.15 bits per heavy atom. The first-order valence-corrected chi connectivity index (χ1v) is 9.89.